The molecule has 0 atom stereocenters. The van der Waals surface area contributed by atoms with E-state index >= 15 is 0 Å². The summed E-state index contributed by atoms with van der Waals surface area (Å²) in [4.78, 5) is 24.1. The fraction of sp³-hybridized carbons (Fsp3) is 0.0909. The molecule has 0 saturated carbocycles. The van der Waals surface area contributed by atoms with Crippen LogP contribution in [0.4, 0.5) is 0 Å². The van der Waals surface area contributed by atoms with Crippen LogP contribution in [0, 0.1) is 0 Å². The Morgan fingerprint density at radius 1 is 0.625 bits per heavy atom. The lowest BCUT2D eigenvalue weighted by Crippen LogP contribution is -2.06. The van der Waals surface area contributed by atoms with Gasteiger partial charge in [0.05, 0.1) is 0 Å². The molecule has 0 aliphatic carbocycles. The van der Waals surface area contributed by atoms with Crippen molar-refractivity contribution < 1.29 is 9.59 Å². The average molecular weight is 314 g/mol. The molecular formula is C22H18O2. The maximum Gasteiger partial charge on any atom is 0.161 e. The van der Waals surface area contributed by atoms with Crippen molar-refractivity contribution >= 4 is 11.6 Å². The van der Waals surface area contributed by atoms with Crippen LogP contribution in [-0.2, 0) is 0 Å². The van der Waals surface area contributed by atoms with Crippen molar-refractivity contribution in [1.82, 2.24) is 0 Å². The maximum atomic E-state index is 12.2. The molecule has 0 aromatic heterocycles. The lowest BCUT2D eigenvalue weighted by atomic mass is 9.90. The smallest absolute Gasteiger partial charge is 0.161 e. The molecule has 3 aromatic carbocycles. The molecule has 0 unspecified atom stereocenters. The first-order chi connectivity index (χ1) is 11.6. The molecule has 2 heteroatoms. The molecule has 2 nitrogen and oxygen atoms in total. The molecular weight excluding hydrogens is 296 g/mol. The number of carbonyl (C=O) groups is 2. The third-order valence-corrected chi connectivity index (χ3v) is 4.08. The van der Waals surface area contributed by atoms with E-state index in [9.17, 15) is 9.59 Å². The molecule has 0 bridgehead atoms. The molecule has 3 aromatic rings. The van der Waals surface area contributed by atoms with Crippen LogP contribution < -0.4 is 0 Å². The van der Waals surface area contributed by atoms with Crippen LogP contribution in [0.2, 0.25) is 0 Å². The number of Topliss-reactive ketones (excluding diaryl/α,β-unsaturated/α-hetero) is 2. The van der Waals surface area contributed by atoms with Crippen LogP contribution in [0.15, 0.2) is 72.8 Å². The van der Waals surface area contributed by atoms with E-state index in [-0.39, 0.29) is 11.6 Å². The number of benzene rings is 3. The Hall–Kier alpha value is -3.00. The highest BCUT2D eigenvalue weighted by molar-refractivity contribution is 6.11. The van der Waals surface area contributed by atoms with Gasteiger partial charge in [-0.15, -0.1) is 0 Å². The number of carbonyl (C=O) groups excluding carboxylic acids is 2. The monoisotopic (exact) mass is 314 g/mol. The summed E-state index contributed by atoms with van der Waals surface area (Å²) in [5, 5.41) is 0. The standard InChI is InChI=1S/C22H18O2/c1-15(23)20-12-7-13-21(22(20)16(2)24)19-11-6-10-18(14-19)17-8-4-3-5-9-17/h3-14H,1-2H3. The second kappa shape index (κ2) is 6.63. The Balaban J connectivity index is 2.19. The second-order valence-electron chi connectivity index (χ2n) is 5.79. The van der Waals surface area contributed by atoms with Crippen molar-refractivity contribution in [2.24, 2.45) is 0 Å². The average Bonchev–Trinajstić information content (AvgIpc) is 2.61. The molecule has 0 amide bonds. The Bertz CT molecular complexity index is 908. The zero-order chi connectivity index (χ0) is 17.1. The van der Waals surface area contributed by atoms with Gasteiger partial charge in [0, 0.05) is 11.1 Å². The maximum absolute atomic E-state index is 12.2. The molecule has 0 N–H and O–H groups in total. The highest BCUT2D eigenvalue weighted by atomic mass is 16.1. The molecule has 0 radical (unpaired) electrons. The summed E-state index contributed by atoms with van der Waals surface area (Å²) in [6, 6.07) is 23.6. The highest BCUT2D eigenvalue weighted by Crippen LogP contribution is 2.30. The second-order valence-corrected chi connectivity index (χ2v) is 5.79. The Morgan fingerprint density at radius 2 is 1.25 bits per heavy atom. The van der Waals surface area contributed by atoms with Crippen LogP contribution in [0.1, 0.15) is 34.6 Å². The van der Waals surface area contributed by atoms with E-state index in [1.165, 1.54) is 13.8 Å². The van der Waals surface area contributed by atoms with Gasteiger partial charge in [-0.3, -0.25) is 9.59 Å². The van der Waals surface area contributed by atoms with Crippen molar-refractivity contribution in [2.75, 3.05) is 0 Å². The first-order valence-electron chi connectivity index (χ1n) is 7.88. The molecule has 118 valence electrons. The molecule has 0 aliphatic rings. The van der Waals surface area contributed by atoms with Gasteiger partial charge < -0.3 is 0 Å². The van der Waals surface area contributed by atoms with Crippen molar-refractivity contribution in [3.63, 3.8) is 0 Å². The van der Waals surface area contributed by atoms with Gasteiger partial charge in [0.1, 0.15) is 0 Å². The largest absolute Gasteiger partial charge is 0.294 e. The van der Waals surface area contributed by atoms with Crippen molar-refractivity contribution in [3.05, 3.63) is 83.9 Å². The number of ketones is 2. The minimum Gasteiger partial charge on any atom is -0.294 e. The summed E-state index contributed by atoms with van der Waals surface area (Å²) < 4.78 is 0. The van der Waals surface area contributed by atoms with Gasteiger partial charge in [-0.25, -0.2) is 0 Å². The third kappa shape index (κ3) is 3.04. The zero-order valence-corrected chi connectivity index (χ0v) is 13.7. The summed E-state index contributed by atoms with van der Waals surface area (Å²) in [5.41, 5.74) is 4.90. The lowest BCUT2D eigenvalue weighted by Gasteiger charge is -2.12. The summed E-state index contributed by atoms with van der Waals surface area (Å²) >= 11 is 0. The molecule has 24 heavy (non-hydrogen) atoms. The minimum absolute atomic E-state index is 0.0961. The molecule has 0 spiro atoms. The minimum atomic E-state index is -0.0964. The van der Waals surface area contributed by atoms with E-state index in [2.05, 4.69) is 18.2 Å². The zero-order valence-electron chi connectivity index (χ0n) is 13.7. The lowest BCUT2D eigenvalue weighted by molar-refractivity contribution is 0.0981. The third-order valence-electron chi connectivity index (χ3n) is 4.08. The molecule has 0 heterocycles. The van der Waals surface area contributed by atoms with Crippen LogP contribution in [0.25, 0.3) is 22.3 Å². The summed E-state index contributed by atoms with van der Waals surface area (Å²) in [6.07, 6.45) is 0. The Morgan fingerprint density at radius 3 is 1.92 bits per heavy atom. The fourth-order valence-corrected chi connectivity index (χ4v) is 2.96. The van der Waals surface area contributed by atoms with Crippen molar-refractivity contribution in [1.29, 1.82) is 0 Å². The van der Waals surface area contributed by atoms with Crippen LogP contribution >= 0.6 is 0 Å². The van der Waals surface area contributed by atoms with Gasteiger partial charge in [-0.2, -0.15) is 0 Å². The van der Waals surface area contributed by atoms with Crippen molar-refractivity contribution in [2.45, 2.75) is 13.8 Å². The Kier molecular flexibility index (Phi) is 4.39. The van der Waals surface area contributed by atoms with Crippen LogP contribution in [0.5, 0.6) is 0 Å². The SMILES string of the molecule is CC(=O)c1cccc(-c2cccc(-c3ccccc3)c2)c1C(C)=O. The summed E-state index contributed by atoms with van der Waals surface area (Å²) in [6.45, 7) is 3.00. The van der Waals surface area contributed by atoms with Gasteiger partial charge in [0.25, 0.3) is 0 Å². The summed E-state index contributed by atoms with van der Waals surface area (Å²) in [7, 11) is 0. The number of hydrogen-bond donors (Lipinski definition) is 0. The Labute approximate surface area is 141 Å². The van der Waals surface area contributed by atoms with E-state index in [0.717, 1.165) is 22.3 Å². The van der Waals surface area contributed by atoms with E-state index < -0.39 is 0 Å². The molecule has 0 aliphatic heterocycles. The quantitative estimate of drug-likeness (QED) is 0.602. The van der Waals surface area contributed by atoms with Gasteiger partial charge >= 0.3 is 0 Å². The van der Waals surface area contributed by atoms with E-state index in [1.807, 2.05) is 48.5 Å². The normalized spacial score (nSPS) is 10.4. The highest BCUT2D eigenvalue weighted by Gasteiger charge is 2.17. The molecule has 0 saturated heterocycles. The topological polar surface area (TPSA) is 34.1 Å². The number of rotatable bonds is 4. The summed E-state index contributed by atoms with van der Waals surface area (Å²) in [5.74, 6) is -0.192. The molecule has 3 rings (SSSR count). The van der Waals surface area contributed by atoms with Gasteiger partial charge in [0.2, 0.25) is 0 Å². The first kappa shape index (κ1) is 15.9. The van der Waals surface area contributed by atoms with Gasteiger partial charge in [0.15, 0.2) is 11.6 Å². The van der Waals surface area contributed by atoms with Crippen LogP contribution in [-0.4, -0.2) is 11.6 Å². The van der Waals surface area contributed by atoms with Gasteiger partial charge in [-0.05, 0) is 42.2 Å². The van der Waals surface area contributed by atoms with E-state index in [0.29, 0.717) is 11.1 Å². The predicted molar refractivity (Wildman–Crippen MR) is 97.3 cm³/mol. The first-order valence-corrected chi connectivity index (χ1v) is 7.88. The fourth-order valence-electron chi connectivity index (χ4n) is 2.96. The van der Waals surface area contributed by atoms with Crippen molar-refractivity contribution in [3.8, 4) is 22.3 Å². The molecule has 0 fully saturated rings. The number of hydrogen-bond acceptors (Lipinski definition) is 2. The van der Waals surface area contributed by atoms with E-state index in [4.69, 9.17) is 0 Å². The predicted octanol–water partition coefficient (Wildman–Crippen LogP) is 5.43. The van der Waals surface area contributed by atoms with Crippen LogP contribution in [0.3, 0.4) is 0 Å². The van der Waals surface area contributed by atoms with Gasteiger partial charge in [-0.1, -0.05) is 66.7 Å². The van der Waals surface area contributed by atoms with E-state index in [1.54, 1.807) is 6.07 Å².